The molecule has 1 fully saturated rings. The molecule has 156 valence electrons. The predicted octanol–water partition coefficient (Wildman–Crippen LogP) is 0.229. The van der Waals surface area contributed by atoms with Gasteiger partial charge in [-0.3, -0.25) is 0 Å². The van der Waals surface area contributed by atoms with E-state index < -0.39 is 37.3 Å². The summed E-state index contributed by atoms with van der Waals surface area (Å²) in [6.45, 7) is 4.66. The van der Waals surface area contributed by atoms with Crippen LogP contribution < -0.4 is 4.74 Å². The minimum absolute atomic E-state index is 0.440. The number of hydrogen-bond donors (Lipinski definition) is 5. The summed E-state index contributed by atoms with van der Waals surface area (Å²) in [6, 6.07) is 5.97. The van der Waals surface area contributed by atoms with Gasteiger partial charge in [-0.05, 0) is 45.0 Å². The van der Waals surface area contributed by atoms with Gasteiger partial charge < -0.3 is 39.8 Å². The first-order valence-corrected chi connectivity index (χ1v) is 9.59. The second-order valence-corrected chi connectivity index (χ2v) is 7.63. The number of hydrogen-bond acceptors (Lipinski definition) is 7. The number of aromatic amines is 1. The first kappa shape index (κ1) is 21.0. The van der Waals surface area contributed by atoms with E-state index in [-0.39, 0.29) is 0 Å². The van der Waals surface area contributed by atoms with Crippen molar-refractivity contribution in [3.05, 3.63) is 30.0 Å². The number of nitrogens with zero attached hydrogens (tertiary/aromatic N) is 1. The standard InChI is InChI=1S/C20H30N2O6/c1-11(2)22(3)8-7-12-9-21-13-5-4-6-14(16(12)13)27-20-19(26)18(25)17(24)15(10-23)28-20/h4-6,9,11,15,17-21,23-26H,7-8,10H2,1-3H3/t15-,17-,18+,19?,20+/m1/s1. The molecule has 0 spiro atoms. The van der Waals surface area contributed by atoms with E-state index in [1.165, 1.54) is 0 Å². The highest BCUT2D eigenvalue weighted by atomic mass is 16.7. The lowest BCUT2D eigenvalue weighted by molar-refractivity contribution is -0.277. The molecule has 1 aliphatic heterocycles. The van der Waals surface area contributed by atoms with Gasteiger partial charge in [-0.1, -0.05) is 6.07 Å². The van der Waals surface area contributed by atoms with Gasteiger partial charge in [-0.2, -0.15) is 0 Å². The maximum Gasteiger partial charge on any atom is 0.229 e. The minimum Gasteiger partial charge on any atom is -0.461 e. The van der Waals surface area contributed by atoms with Gasteiger partial charge in [0.1, 0.15) is 30.2 Å². The molecule has 1 unspecified atom stereocenters. The van der Waals surface area contributed by atoms with Crippen molar-refractivity contribution in [2.45, 2.75) is 57.0 Å². The van der Waals surface area contributed by atoms with Gasteiger partial charge in [0.15, 0.2) is 0 Å². The number of H-pyrrole nitrogens is 1. The fourth-order valence-corrected chi connectivity index (χ4v) is 3.36. The van der Waals surface area contributed by atoms with Crippen molar-refractivity contribution in [2.75, 3.05) is 20.2 Å². The molecule has 8 nitrogen and oxygen atoms in total. The van der Waals surface area contributed by atoms with Gasteiger partial charge in [0.2, 0.25) is 6.29 Å². The molecule has 0 bridgehead atoms. The van der Waals surface area contributed by atoms with Crippen molar-refractivity contribution in [3.63, 3.8) is 0 Å². The van der Waals surface area contributed by atoms with Crippen LogP contribution in [0.2, 0.25) is 0 Å². The Labute approximate surface area is 164 Å². The quantitative estimate of drug-likeness (QED) is 0.456. The van der Waals surface area contributed by atoms with E-state index in [2.05, 4.69) is 30.8 Å². The molecular formula is C20H30N2O6. The zero-order chi connectivity index (χ0) is 20.4. The molecular weight excluding hydrogens is 364 g/mol. The second kappa shape index (κ2) is 8.77. The van der Waals surface area contributed by atoms with Crippen LogP contribution in [0.4, 0.5) is 0 Å². The van der Waals surface area contributed by atoms with Crippen molar-refractivity contribution in [2.24, 2.45) is 0 Å². The van der Waals surface area contributed by atoms with Gasteiger partial charge in [-0.15, -0.1) is 0 Å². The van der Waals surface area contributed by atoms with E-state index in [1.807, 2.05) is 18.3 Å². The minimum atomic E-state index is -1.47. The molecule has 0 radical (unpaired) electrons. The van der Waals surface area contributed by atoms with Crippen LogP contribution in [0.1, 0.15) is 19.4 Å². The molecule has 2 heterocycles. The summed E-state index contributed by atoms with van der Waals surface area (Å²) in [4.78, 5) is 5.48. The molecule has 5 atom stereocenters. The first-order valence-electron chi connectivity index (χ1n) is 9.59. The van der Waals surface area contributed by atoms with Crippen LogP contribution in [-0.4, -0.2) is 87.3 Å². The third kappa shape index (κ3) is 4.17. The average molecular weight is 394 g/mol. The molecule has 1 aromatic carbocycles. The van der Waals surface area contributed by atoms with E-state index in [1.54, 1.807) is 6.07 Å². The summed E-state index contributed by atoms with van der Waals surface area (Å²) in [6.07, 6.45) is -3.79. The van der Waals surface area contributed by atoms with E-state index in [4.69, 9.17) is 9.47 Å². The zero-order valence-electron chi connectivity index (χ0n) is 16.4. The molecule has 1 aromatic heterocycles. The number of benzene rings is 1. The predicted molar refractivity (Wildman–Crippen MR) is 104 cm³/mol. The molecule has 28 heavy (non-hydrogen) atoms. The van der Waals surface area contributed by atoms with Gasteiger partial charge in [0.25, 0.3) is 0 Å². The Morgan fingerprint density at radius 2 is 1.93 bits per heavy atom. The highest BCUT2D eigenvalue weighted by Gasteiger charge is 2.44. The van der Waals surface area contributed by atoms with Crippen LogP contribution >= 0.6 is 0 Å². The number of ether oxygens (including phenoxy) is 2. The van der Waals surface area contributed by atoms with Crippen molar-refractivity contribution >= 4 is 10.9 Å². The molecule has 8 heteroatoms. The summed E-state index contributed by atoms with van der Waals surface area (Å²) >= 11 is 0. The zero-order valence-corrected chi connectivity index (χ0v) is 16.4. The Morgan fingerprint density at radius 3 is 2.61 bits per heavy atom. The van der Waals surface area contributed by atoms with Gasteiger partial charge >= 0.3 is 0 Å². The number of aliphatic hydroxyl groups is 4. The normalized spacial score (nSPS) is 28.4. The number of likely N-dealkylation sites (N-methyl/N-ethyl adjacent to an activating group) is 1. The van der Waals surface area contributed by atoms with Gasteiger partial charge in [0, 0.05) is 29.7 Å². The lowest BCUT2D eigenvalue weighted by atomic mass is 9.99. The number of aromatic nitrogens is 1. The summed E-state index contributed by atoms with van der Waals surface area (Å²) in [5.41, 5.74) is 1.96. The second-order valence-electron chi connectivity index (χ2n) is 7.63. The smallest absolute Gasteiger partial charge is 0.229 e. The largest absolute Gasteiger partial charge is 0.461 e. The van der Waals surface area contributed by atoms with E-state index in [9.17, 15) is 20.4 Å². The number of fused-ring (bicyclic) bond motifs is 1. The van der Waals surface area contributed by atoms with E-state index >= 15 is 0 Å². The third-order valence-corrected chi connectivity index (χ3v) is 5.46. The summed E-state index contributed by atoms with van der Waals surface area (Å²) < 4.78 is 11.4. The lowest BCUT2D eigenvalue weighted by Crippen LogP contribution is -2.60. The van der Waals surface area contributed by atoms with E-state index in [0.717, 1.165) is 29.4 Å². The number of nitrogens with one attached hydrogen (secondary N) is 1. The Bertz CT molecular complexity index is 777. The Morgan fingerprint density at radius 1 is 1.18 bits per heavy atom. The van der Waals surface area contributed by atoms with Crippen LogP contribution in [0.3, 0.4) is 0 Å². The average Bonchev–Trinajstić information content (AvgIpc) is 3.10. The highest BCUT2D eigenvalue weighted by Crippen LogP contribution is 2.32. The SMILES string of the molecule is CC(C)N(C)CCc1c[nH]c2cccc(O[C@H]3O[C@H](CO)[C@@H](O)[C@H](O)C3O)c12. The van der Waals surface area contributed by atoms with Crippen LogP contribution in [0.25, 0.3) is 10.9 Å². The molecule has 0 amide bonds. The van der Waals surface area contributed by atoms with Crippen LogP contribution in [0, 0.1) is 0 Å². The lowest BCUT2D eigenvalue weighted by Gasteiger charge is -2.39. The topological polar surface area (TPSA) is 118 Å². The summed E-state index contributed by atoms with van der Waals surface area (Å²) in [5.74, 6) is 0.505. The van der Waals surface area contributed by atoms with Gasteiger partial charge in [0.05, 0.1) is 6.61 Å². The monoisotopic (exact) mass is 394 g/mol. The maximum absolute atomic E-state index is 10.3. The number of aliphatic hydroxyl groups excluding tert-OH is 4. The molecule has 3 rings (SSSR count). The third-order valence-electron chi connectivity index (χ3n) is 5.46. The maximum atomic E-state index is 10.3. The summed E-state index contributed by atoms with van der Waals surface area (Å²) in [7, 11) is 2.07. The van der Waals surface area contributed by atoms with Crippen LogP contribution in [0.5, 0.6) is 5.75 Å². The van der Waals surface area contributed by atoms with Crippen molar-refractivity contribution < 1.29 is 29.9 Å². The molecule has 1 saturated heterocycles. The van der Waals surface area contributed by atoms with Crippen LogP contribution in [0.15, 0.2) is 24.4 Å². The Kier molecular flexibility index (Phi) is 6.59. The summed E-state index contributed by atoms with van der Waals surface area (Å²) in [5, 5.41) is 40.4. The molecule has 0 aliphatic carbocycles. The fourth-order valence-electron chi connectivity index (χ4n) is 3.36. The molecule has 1 aliphatic rings. The van der Waals surface area contributed by atoms with E-state index in [0.29, 0.717) is 11.8 Å². The molecule has 2 aromatic rings. The Hall–Kier alpha value is -1.68. The molecule has 5 N–H and O–H groups in total. The van der Waals surface area contributed by atoms with Gasteiger partial charge in [-0.25, -0.2) is 0 Å². The number of rotatable bonds is 7. The van der Waals surface area contributed by atoms with Crippen molar-refractivity contribution in [1.82, 2.24) is 9.88 Å². The highest BCUT2D eigenvalue weighted by molar-refractivity contribution is 5.89. The van der Waals surface area contributed by atoms with Crippen molar-refractivity contribution in [3.8, 4) is 5.75 Å². The Balaban J connectivity index is 1.83. The van der Waals surface area contributed by atoms with Crippen molar-refractivity contribution in [1.29, 1.82) is 0 Å². The fraction of sp³-hybridized carbons (Fsp3) is 0.600. The first-order chi connectivity index (χ1) is 13.3. The van der Waals surface area contributed by atoms with Crippen LogP contribution in [-0.2, 0) is 11.2 Å². The molecule has 0 saturated carbocycles.